The van der Waals surface area contributed by atoms with Crippen LogP contribution in [0.1, 0.15) is 18.1 Å². The molecule has 0 aliphatic heterocycles. The van der Waals surface area contributed by atoms with E-state index in [4.69, 9.17) is 4.99 Å². The summed E-state index contributed by atoms with van der Waals surface area (Å²) in [4.78, 5) is 9.14. The predicted molar refractivity (Wildman–Crippen MR) is 120 cm³/mol. The SMILES string of the molecule is CCNC(=NCc1ccnc2ccccc12)NCCc1ccccc1.I. The predicted octanol–water partition coefficient (Wildman–Crippen LogP) is 4.15. The lowest BCUT2D eigenvalue weighted by atomic mass is 10.1. The lowest BCUT2D eigenvalue weighted by Gasteiger charge is -2.12. The van der Waals surface area contributed by atoms with Gasteiger partial charge >= 0.3 is 0 Å². The van der Waals surface area contributed by atoms with Crippen LogP contribution in [0, 0.1) is 0 Å². The van der Waals surface area contributed by atoms with Crippen LogP contribution in [0.15, 0.2) is 71.9 Å². The smallest absolute Gasteiger partial charge is 0.191 e. The average molecular weight is 460 g/mol. The first-order chi connectivity index (χ1) is 12.4. The van der Waals surface area contributed by atoms with Crippen LogP contribution in [-0.4, -0.2) is 24.0 Å². The van der Waals surface area contributed by atoms with Crippen molar-refractivity contribution >= 4 is 40.8 Å². The van der Waals surface area contributed by atoms with Gasteiger partial charge in [0, 0.05) is 24.7 Å². The monoisotopic (exact) mass is 460 g/mol. The average Bonchev–Trinajstić information content (AvgIpc) is 2.67. The van der Waals surface area contributed by atoms with Crippen LogP contribution in [-0.2, 0) is 13.0 Å². The van der Waals surface area contributed by atoms with Gasteiger partial charge in [-0.2, -0.15) is 0 Å². The van der Waals surface area contributed by atoms with E-state index < -0.39 is 0 Å². The van der Waals surface area contributed by atoms with Gasteiger partial charge in [-0.15, -0.1) is 24.0 Å². The van der Waals surface area contributed by atoms with Crippen molar-refractivity contribution in [3.05, 3.63) is 78.0 Å². The van der Waals surface area contributed by atoms with Gasteiger partial charge in [-0.05, 0) is 36.6 Å². The van der Waals surface area contributed by atoms with Crippen molar-refractivity contribution in [1.29, 1.82) is 0 Å². The second kappa shape index (κ2) is 10.8. The maximum atomic E-state index is 4.73. The molecular formula is C21H25IN4. The van der Waals surface area contributed by atoms with Crippen molar-refractivity contribution in [3.63, 3.8) is 0 Å². The fraction of sp³-hybridized carbons (Fsp3) is 0.238. The first kappa shape index (κ1) is 20.2. The summed E-state index contributed by atoms with van der Waals surface area (Å²) in [7, 11) is 0. The Kier molecular flexibility index (Phi) is 8.34. The van der Waals surface area contributed by atoms with Gasteiger partial charge in [0.05, 0.1) is 12.1 Å². The summed E-state index contributed by atoms with van der Waals surface area (Å²) in [6.45, 7) is 4.40. The molecule has 2 N–H and O–H groups in total. The maximum Gasteiger partial charge on any atom is 0.191 e. The number of rotatable bonds is 6. The van der Waals surface area contributed by atoms with Crippen molar-refractivity contribution in [2.45, 2.75) is 19.9 Å². The minimum Gasteiger partial charge on any atom is -0.357 e. The summed E-state index contributed by atoms with van der Waals surface area (Å²) in [6, 6.07) is 20.7. The van der Waals surface area contributed by atoms with E-state index in [1.54, 1.807) is 0 Å². The molecule has 0 unspecified atom stereocenters. The van der Waals surface area contributed by atoms with E-state index in [9.17, 15) is 0 Å². The number of aliphatic imine (C=N–C) groups is 1. The van der Waals surface area contributed by atoms with Crippen molar-refractivity contribution in [3.8, 4) is 0 Å². The molecular weight excluding hydrogens is 435 g/mol. The van der Waals surface area contributed by atoms with Crippen LogP contribution >= 0.6 is 24.0 Å². The van der Waals surface area contributed by atoms with Crippen molar-refractivity contribution in [2.75, 3.05) is 13.1 Å². The van der Waals surface area contributed by atoms with Crippen LogP contribution in [0.25, 0.3) is 10.9 Å². The number of guanidine groups is 1. The first-order valence-electron chi connectivity index (χ1n) is 8.75. The normalized spacial score (nSPS) is 11.0. The van der Waals surface area contributed by atoms with Gasteiger partial charge in [-0.3, -0.25) is 4.98 Å². The third kappa shape index (κ3) is 5.69. The van der Waals surface area contributed by atoms with Gasteiger partial charge in [0.15, 0.2) is 5.96 Å². The van der Waals surface area contributed by atoms with Gasteiger partial charge in [0.2, 0.25) is 0 Å². The number of fused-ring (bicyclic) bond motifs is 1. The van der Waals surface area contributed by atoms with E-state index in [2.05, 4.69) is 52.9 Å². The summed E-state index contributed by atoms with van der Waals surface area (Å²) in [6.07, 6.45) is 2.83. The standard InChI is InChI=1S/C21H24N4.HI/c1-2-22-21(24-14-12-17-8-4-3-5-9-17)25-16-18-13-15-23-20-11-7-6-10-19(18)20;/h3-11,13,15H,2,12,14,16H2,1H3,(H2,22,24,25);1H. The first-order valence-corrected chi connectivity index (χ1v) is 8.75. The molecule has 0 fully saturated rings. The Bertz CT molecular complexity index is 828. The molecule has 1 aromatic heterocycles. The molecule has 3 aromatic rings. The van der Waals surface area contributed by atoms with Gasteiger partial charge in [-0.25, -0.2) is 4.99 Å². The largest absolute Gasteiger partial charge is 0.357 e. The fourth-order valence-corrected chi connectivity index (χ4v) is 2.77. The van der Waals surface area contributed by atoms with E-state index in [1.807, 2.05) is 36.5 Å². The molecule has 0 bridgehead atoms. The third-order valence-electron chi connectivity index (χ3n) is 4.04. The van der Waals surface area contributed by atoms with Crippen LogP contribution in [0.2, 0.25) is 0 Å². The second-order valence-corrected chi connectivity index (χ2v) is 5.84. The lowest BCUT2D eigenvalue weighted by molar-refractivity contribution is 0.800. The molecule has 1 heterocycles. The second-order valence-electron chi connectivity index (χ2n) is 5.84. The molecule has 26 heavy (non-hydrogen) atoms. The van der Waals surface area contributed by atoms with Crippen molar-refractivity contribution < 1.29 is 0 Å². The Hall–Kier alpha value is -2.15. The highest BCUT2D eigenvalue weighted by Crippen LogP contribution is 2.16. The van der Waals surface area contributed by atoms with Crippen molar-refractivity contribution in [2.24, 2.45) is 4.99 Å². The van der Waals surface area contributed by atoms with Gasteiger partial charge in [-0.1, -0.05) is 48.5 Å². The molecule has 0 atom stereocenters. The quantitative estimate of drug-likeness (QED) is 0.330. The number of nitrogens with one attached hydrogen (secondary N) is 2. The highest BCUT2D eigenvalue weighted by molar-refractivity contribution is 14.0. The minimum atomic E-state index is 0. The van der Waals surface area contributed by atoms with Gasteiger partial charge in [0.1, 0.15) is 0 Å². The number of aromatic nitrogens is 1. The van der Waals surface area contributed by atoms with Crippen molar-refractivity contribution in [1.82, 2.24) is 15.6 Å². The molecule has 0 saturated heterocycles. The Morgan fingerprint density at radius 1 is 0.962 bits per heavy atom. The summed E-state index contributed by atoms with van der Waals surface area (Å²) >= 11 is 0. The Morgan fingerprint density at radius 2 is 1.73 bits per heavy atom. The zero-order valence-electron chi connectivity index (χ0n) is 15.0. The molecule has 3 rings (SSSR count). The van der Waals surface area contributed by atoms with Crippen LogP contribution in [0.4, 0.5) is 0 Å². The van der Waals surface area contributed by atoms with Gasteiger partial charge in [0.25, 0.3) is 0 Å². The molecule has 0 aliphatic carbocycles. The van der Waals surface area contributed by atoms with E-state index in [0.717, 1.165) is 36.4 Å². The number of para-hydroxylation sites is 1. The maximum absolute atomic E-state index is 4.73. The summed E-state index contributed by atoms with van der Waals surface area (Å²) in [5, 5.41) is 7.88. The molecule has 0 amide bonds. The molecule has 0 saturated carbocycles. The highest BCUT2D eigenvalue weighted by Gasteiger charge is 2.02. The molecule has 136 valence electrons. The molecule has 0 radical (unpaired) electrons. The van der Waals surface area contributed by atoms with E-state index in [1.165, 1.54) is 11.1 Å². The third-order valence-corrected chi connectivity index (χ3v) is 4.04. The Balaban J connectivity index is 0.00000243. The Labute approximate surface area is 172 Å². The van der Waals surface area contributed by atoms with Crippen LogP contribution < -0.4 is 10.6 Å². The molecule has 0 spiro atoms. The Morgan fingerprint density at radius 3 is 2.54 bits per heavy atom. The lowest BCUT2D eigenvalue weighted by Crippen LogP contribution is -2.38. The molecule has 4 nitrogen and oxygen atoms in total. The summed E-state index contributed by atoms with van der Waals surface area (Å²) in [5.41, 5.74) is 3.52. The van der Waals surface area contributed by atoms with E-state index in [0.29, 0.717) is 6.54 Å². The number of hydrogen-bond acceptors (Lipinski definition) is 2. The number of nitrogens with zero attached hydrogens (tertiary/aromatic N) is 2. The summed E-state index contributed by atoms with van der Waals surface area (Å²) in [5.74, 6) is 0.847. The number of pyridine rings is 1. The number of hydrogen-bond donors (Lipinski definition) is 2. The van der Waals surface area contributed by atoms with Gasteiger partial charge < -0.3 is 10.6 Å². The van der Waals surface area contributed by atoms with E-state index >= 15 is 0 Å². The van der Waals surface area contributed by atoms with Crippen LogP contribution in [0.3, 0.4) is 0 Å². The number of benzene rings is 2. The van der Waals surface area contributed by atoms with E-state index in [-0.39, 0.29) is 24.0 Å². The topological polar surface area (TPSA) is 49.3 Å². The zero-order valence-corrected chi connectivity index (χ0v) is 17.3. The number of halogens is 1. The molecule has 0 aliphatic rings. The zero-order chi connectivity index (χ0) is 17.3. The molecule has 2 aromatic carbocycles. The fourth-order valence-electron chi connectivity index (χ4n) is 2.77. The van der Waals surface area contributed by atoms with Crippen LogP contribution in [0.5, 0.6) is 0 Å². The summed E-state index contributed by atoms with van der Waals surface area (Å²) < 4.78 is 0. The highest BCUT2D eigenvalue weighted by atomic mass is 127. The minimum absolute atomic E-state index is 0. The molecule has 5 heteroatoms.